The molecule has 0 aliphatic heterocycles. The number of halogens is 1. The maximum atomic E-state index is 11.1. The Morgan fingerprint density at radius 2 is 1.94 bits per heavy atom. The van der Waals surface area contributed by atoms with Crippen molar-refractivity contribution in [3.05, 3.63) is 24.3 Å². The van der Waals surface area contributed by atoms with E-state index in [0.717, 1.165) is 17.7 Å². The van der Waals surface area contributed by atoms with Crippen molar-refractivity contribution in [3.8, 4) is 5.75 Å². The largest absolute Gasteiger partial charge is 0.426 e. The topological polar surface area (TPSA) is 26.3 Å². The molecule has 4 heteroatoms. The van der Waals surface area contributed by atoms with Crippen LogP contribution in [0.2, 0.25) is 0 Å². The van der Waals surface area contributed by atoms with Crippen molar-refractivity contribution >= 4 is 33.7 Å². The number of benzene rings is 1. The Morgan fingerprint density at radius 1 is 1.28 bits per heavy atom. The van der Waals surface area contributed by atoms with Crippen LogP contribution in [-0.2, 0) is 4.79 Å². The first-order valence-corrected chi connectivity index (χ1v) is 7.85. The Labute approximate surface area is 121 Å². The van der Waals surface area contributed by atoms with Crippen molar-refractivity contribution < 1.29 is 9.53 Å². The molecular weight excluding hydrogens is 312 g/mol. The van der Waals surface area contributed by atoms with Crippen molar-refractivity contribution in [1.29, 1.82) is 0 Å². The molecule has 0 aromatic heterocycles. The summed E-state index contributed by atoms with van der Waals surface area (Å²) in [5, 5.41) is 0. The van der Waals surface area contributed by atoms with Crippen molar-refractivity contribution in [2.75, 3.05) is 0 Å². The van der Waals surface area contributed by atoms with Crippen LogP contribution in [0.4, 0.5) is 0 Å². The van der Waals surface area contributed by atoms with E-state index in [2.05, 4.69) is 15.9 Å². The fourth-order valence-electron chi connectivity index (χ4n) is 2.15. The molecule has 1 saturated carbocycles. The molecule has 0 radical (unpaired) electrons. The van der Waals surface area contributed by atoms with E-state index in [1.807, 2.05) is 24.3 Å². The van der Waals surface area contributed by atoms with Gasteiger partial charge in [0.1, 0.15) is 5.75 Å². The Morgan fingerprint density at radius 3 is 2.61 bits per heavy atom. The smallest absolute Gasteiger partial charge is 0.308 e. The van der Waals surface area contributed by atoms with Gasteiger partial charge in [-0.2, -0.15) is 0 Å². The Balaban J connectivity index is 2.14. The lowest BCUT2D eigenvalue weighted by molar-refractivity contribution is -0.132. The minimum atomic E-state index is -0.268. The summed E-state index contributed by atoms with van der Waals surface area (Å²) in [6.45, 7) is 1.44. The average Bonchev–Trinajstić information content (AvgIpc) is 2.32. The predicted molar refractivity (Wildman–Crippen MR) is 78.4 cm³/mol. The summed E-state index contributed by atoms with van der Waals surface area (Å²) in [5.41, 5.74) is 0. The van der Waals surface area contributed by atoms with Gasteiger partial charge in [0.15, 0.2) is 0 Å². The lowest BCUT2D eigenvalue weighted by Crippen LogP contribution is -2.19. The quantitative estimate of drug-likeness (QED) is 0.454. The number of hydrogen-bond acceptors (Lipinski definition) is 3. The summed E-state index contributed by atoms with van der Waals surface area (Å²) in [5.74, 6) is 0.398. The third-order valence-electron chi connectivity index (χ3n) is 3.00. The molecule has 1 aromatic carbocycles. The number of esters is 1. The number of rotatable bonds is 3. The Kier molecular flexibility index (Phi) is 4.73. The van der Waals surface area contributed by atoms with Gasteiger partial charge in [0.2, 0.25) is 0 Å². The average molecular weight is 329 g/mol. The van der Waals surface area contributed by atoms with E-state index in [1.54, 1.807) is 11.8 Å². The van der Waals surface area contributed by atoms with Crippen molar-refractivity contribution in [1.82, 2.24) is 0 Å². The van der Waals surface area contributed by atoms with Gasteiger partial charge in [-0.05, 0) is 25.0 Å². The van der Waals surface area contributed by atoms with Crippen molar-refractivity contribution in [2.45, 2.75) is 47.6 Å². The van der Waals surface area contributed by atoms with E-state index in [-0.39, 0.29) is 9.63 Å². The summed E-state index contributed by atoms with van der Waals surface area (Å²) in [6, 6.07) is 7.74. The molecular formula is C14H17BrO2S. The second-order valence-electron chi connectivity index (χ2n) is 4.59. The molecule has 1 aromatic rings. The summed E-state index contributed by atoms with van der Waals surface area (Å²) in [6.07, 6.45) is 6.15. The molecule has 0 bridgehead atoms. The Hall–Kier alpha value is -0.480. The summed E-state index contributed by atoms with van der Waals surface area (Å²) in [4.78, 5) is 12.1. The van der Waals surface area contributed by atoms with E-state index in [9.17, 15) is 4.79 Å². The van der Waals surface area contributed by atoms with Crippen LogP contribution in [0.5, 0.6) is 5.75 Å². The maximum Gasteiger partial charge on any atom is 0.308 e. The van der Waals surface area contributed by atoms with Gasteiger partial charge in [-0.1, -0.05) is 47.3 Å². The molecule has 1 fully saturated rings. The molecule has 1 aliphatic rings. The molecule has 2 rings (SSSR count). The van der Waals surface area contributed by atoms with E-state index in [0.29, 0.717) is 5.75 Å². The highest BCUT2D eigenvalue weighted by Crippen LogP contribution is 2.50. The highest BCUT2D eigenvalue weighted by molar-refractivity contribution is 9.11. The van der Waals surface area contributed by atoms with Gasteiger partial charge in [-0.15, -0.1) is 11.8 Å². The molecule has 2 nitrogen and oxygen atoms in total. The monoisotopic (exact) mass is 328 g/mol. The molecule has 18 heavy (non-hydrogen) atoms. The second kappa shape index (κ2) is 6.11. The molecule has 0 unspecified atom stereocenters. The minimum Gasteiger partial charge on any atom is -0.426 e. The predicted octanol–water partition coefficient (Wildman–Crippen LogP) is 4.76. The number of ether oxygens (including phenoxy) is 1. The second-order valence-corrected chi connectivity index (χ2v) is 8.05. The molecule has 0 amide bonds. The van der Waals surface area contributed by atoms with Gasteiger partial charge >= 0.3 is 5.97 Å². The molecule has 0 saturated heterocycles. The summed E-state index contributed by atoms with van der Waals surface area (Å²) in [7, 11) is 0. The lowest BCUT2D eigenvalue weighted by atomic mass is 10.0. The highest BCUT2D eigenvalue weighted by atomic mass is 79.9. The van der Waals surface area contributed by atoms with Crippen LogP contribution in [0.1, 0.15) is 39.0 Å². The van der Waals surface area contributed by atoms with Crippen LogP contribution in [0.15, 0.2) is 29.2 Å². The summed E-state index contributed by atoms with van der Waals surface area (Å²) < 4.78 is 5.35. The van der Waals surface area contributed by atoms with Crippen molar-refractivity contribution in [2.24, 2.45) is 0 Å². The van der Waals surface area contributed by atoms with Gasteiger partial charge in [-0.3, -0.25) is 4.79 Å². The number of para-hydroxylation sites is 1. The molecule has 1 aliphatic carbocycles. The summed E-state index contributed by atoms with van der Waals surface area (Å²) >= 11 is 5.63. The van der Waals surface area contributed by atoms with Gasteiger partial charge in [0.05, 0.1) is 8.55 Å². The van der Waals surface area contributed by atoms with Crippen LogP contribution in [-0.4, -0.2) is 9.63 Å². The number of carbonyl (C=O) groups excluding carboxylic acids is 1. The SMILES string of the molecule is CC(=O)Oc1ccccc1SC1(Br)CCCCC1. The van der Waals surface area contributed by atoms with Gasteiger partial charge in [-0.25, -0.2) is 0 Å². The normalized spacial score (nSPS) is 18.3. The first kappa shape index (κ1) is 13.9. The molecule has 0 heterocycles. The van der Waals surface area contributed by atoms with Crippen molar-refractivity contribution in [3.63, 3.8) is 0 Å². The van der Waals surface area contributed by atoms with E-state index >= 15 is 0 Å². The fraction of sp³-hybridized carbons (Fsp3) is 0.500. The minimum absolute atomic E-state index is 0.0987. The number of thioether (sulfide) groups is 1. The van der Waals surface area contributed by atoms with Crippen LogP contribution >= 0.6 is 27.7 Å². The maximum absolute atomic E-state index is 11.1. The number of carbonyl (C=O) groups is 1. The third kappa shape index (κ3) is 3.75. The number of hydrogen-bond donors (Lipinski definition) is 0. The van der Waals surface area contributed by atoms with Gasteiger partial charge in [0.25, 0.3) is 0 Å². The standard InChI is InChI=1S/C14H17BrO2S/c1-11(16)17-12-7-3-4-8-13(12)18-14(15)9-5-2-6-10-14/h3-4,7-8H,2,5-6,9-10H2,1H3. The first-order chi connectivity index (χ1) is 8.59. The zero-order chi connectivity index (χ0) is 13.0. The lowest BCUT2D eigenvalue weighted by Gasteiger charge is -2.31. The molecule has 0 N–H and O–H groups in total. The zero-order valence-corrected chi connectivity index (χ0v) is 12.9. The number of alkyl halides is 1. The van der Waals surface area contributed by atoms with E-state index in [1.165, 1.54) is 26.2 Å². The van der Waals surface area contributed by atoms with E-state index < -0.39 is 0 Å². The van der Waals surface area contributed by atoms with Crippen LogP contribution < -0.4 is 4.74 Å². The first-order valence-electron chi connectivity index (χ1n) is 6.24. The van der Waals surface area contributed by atoms with Crippen LogP contribution in [0.25, 0.3) is 0 Å². The van der Waals surface area contributed by atoms with Crippen LogP contribution in [0.3, 0.4) is 0 Å². The van der Waals surface area contributed by atoms with E-state index in [4.69, 9.17) is 4.74 Å². The highest BCUT2D eigenvalue weighted by Gasteiger charge is 2.31. The van der Waals surface area contributed by atoms with Gasteiger partial charge < -0.3 is 4.74 Å². The Bertz CT molecular complexity index is 428. The fourth-order valence-corrected chi connectivity index (χ4v) is 4.48. The molecule has 0 spiro atoms. The zero-order valence-electron chi connectivity index (χ0n) is 10.4. The third-order valence-corrected chi connectivity index (χ3v) is 5.61. The molecule has 0 atom stereocenters. The molecule has 98 valence electrons. The van der Waals surface area contributed by atoms with Gasteiger partial charge in [0, 0.05) is 6.92 Å². The van der Waals surface area contributed by atoms with Crippen LogP contribution in [0, 0.1) is 0 Å².